The summed E-state index contributed by atoms with van der Waals surface area (Å²) in [7, 11) is 0. The highest BCUT2D eigenvalue weighted by atomic mass is 15.2. The molecular formula is C57H37N5. The highest BCUT2D eigenvalue weighted by Crippen LogP contribution is 2.41. The van der Waals surface area contributed by atoms with Gasteiger partial charge in [0.2, 0.25) is 5.95 Å². The van der Waals surface area contributed by atoms with Crippen LogP contribution in [0.25, 0.3) is 111 Å². The maximum atomic E-state index is 5.45. The molecule has 0 aliphatic rings. The van der Waals surface area contributed by atoms with Gasteiger partial charge in [-0.05, 0) is 52.6 Å². The van der Waals surface area contributed by atoms with Crippen LogP contribution in [0.15, 0.2) is 224 Å². The summed E-state index contributed by atoms with van der Waals surface area (Å²) < 4.78 is 4.62. The molecule has 0 fully saturated rings. The average Bonchev–Trinajstić information content (AvgIpc) is 3.88. The molecular weight excluding hydrogens is 755 g/mol. The first-order chi connectivity index (χ1) is 30.8. The number of para-hydroxylation sites is 4. The third kappa shape index (κ3) is 5.90. The molecule has 0 saturated heterocycles. The average molecular weight is 792 g/mol. The number of hydrogen-bond donors (Lipinski definition) is 0. The second-order valence-corrected chi connectivity index (χ2v) is 15.6. The van der Waals surface area contributed by atoms with Crippen LogP contribution in [0, 0.1) is 0 Å². The van der Waals surface area contributed by atoms with E-state index in [0.29, 0.717) is 17.6 Å². The molecule has 12 aromatic rings. The summed E-state index contributed by atoms with van der Waals surface area (Å²) in [5, 5.41) is 4.68. The molecule has 0 spiro atoms. The fourth-order valence-corrected chi connectivity index (χ4v) is 9.17. The van der Waals surface area contributed by atoms with E-state index in [4.69, 9.17) is 15.0 Å². The van der Waals surface area contributed by atoms with Crippen LogP contribution < -0.4 is 0 Å². The lowest BCUT2D eigenvalue weighted by Crippen LogP contribution is -2.07. The minimum absolute atomic E-state index is 0.553. The normalized spacial score (nSPS) is 11.5. The summed E-state index contributed by atoms with van der Waals surface area (Å²) in [6.45, 7) is 0. The minimum atomic E-state index is 0.553. The van der Waals surface area contributed by atoms with Crippen molar-refractivity contribution in [1.82, 2.24) is 24.1 Å². The fraction of sp³-hybridized carbons (Fsp3) is 0. The molecule has 0 saturated carbocycles. The first-order valence-electron chi connectivity index (χ1n) is 21.0. The van der Waals surface area contributed by atoms with Crippen LogP contribution in [0.4, 0.5) is 0 Å². The monoisotopic (exact) mass is 791 g/mol. The topological polar surface area (TPSA) is 48.5 Å². The van der Waals surface area contributed by atoms with E-state index in [1.165, 1.54) is 16.3 Å². The number of benzene rings is 9. The predicted molar refractivity (Wildman–Crippen MR) is 256 cm³/mol. The first-order valence-corrected chi connectivity index (χ1v) is 21.0. The zero-order chi connectivity index (χ0) is 41.0. The van der Waals surface area contributed by atoms with Crippen molar-refractivity contribution in [3.8, 4) is 67.8 Å². The highest BCUT2D eigenvalue weighted by Gasteiger charge is 2.22. The molecule has 9 aromatic carbocycles. The van der Waals surface area contributed by atoms with Crippen LogP contribution in [-0.2, 0) is 0 Å². The van der Waals surface area contributed by atoms with Gasteiger partial charge in [0, 0.05) is 43.8 Å². The van der Waals surface area contributed by atoms with Gasteiger partial charge in [0.05, 0.1) is 27.8 Å². The van der Waals surface area contributed by atoms with Crippen LogP contribution in [-0.4, -0.2) is 24.1 Å². The molecule has 5 nitrogen and oxygen atoms in total. The lowest BCUT2D eigenvalue weighted by Gasteiger charge is -2.17. The summed E-state index contributed by atoms with van der Waals surface area (Å²) in [6, 6.07) is 79.2. The molecule has 0 unspecified atom stereocenters. The molecule has 3 aromatic heterocycles. The highest BCUT2D eigenvalue weighted by molar-refractivity contribution is 6.14. The Bertz CT molecular complexity index is 3570. The zero-order valence-electron chi connectivity index (χ0n) is 33.6. The quantitative estimate of drug-likeness (QED) is 0.162. The standard InChI is InChI=1S/C57H37N5/c1-4-18-38(19-5-1)41-24-16-25-42(36-41)45-29-17-30-49-48-28-12-15-33-52(48)62(54(45)49)57-59-55(40-22-8-3-9-23-40)58-56(60-57)43-34-35-44(39-20-6-2-7-21-39)53(37-43)61-50-31-13-10-26-46(50)47-27-11-14-32-51(47)61/h1-37H. The third-order valence-corrected chi connectivity index (χ3v) is 12.0. The number of fused-ring (bicyclic) bond motifs is 6. The zero-order valence-corrected chi connectivity index (χ0v) is 33.6. The van der Waals surface area contributed by atoms with Gasteiger partial charge in [0.1, 0.15) is 0 Å². The van der Waals surface area contributed by atoms with Crippen molar-refractivity contribution in [2.24, 2.45) is 0 Å². The van der Waals surface area contributed by atoms with E-state index in [2.05, 4.69) is 215 Å². The fourth-order valence-electron chi connectivity index (χ4n) is 9.17. The molecule has 0 aliphatic carbocycles. The maximum absolute atomic E-state index is 5.45. The van der Waals surface area contributed by atoms with Crippen molar-refractivity contribution in [2.45, 2.75) is 0 Å². The first kappa shape index (κ1) is 35.5. The van der Waals surface area contributed by atoms with Gasteiger partial charge in [0.25, 0.3) is 0 Å². The van der Waals surface area contributed by atoms with Gasteiger partial charge in [-0.2, -0.15) is 9.97 Å². The van der Waals surface area contributed by atoms with Crippen molar-refractivity contribution < 1.29 is 0 Å². The number of hydrogen-bond acceptors (Lipinski definition) is 3. The second-order valence-electron chi connectivity index (χ2n) is 15.6. The molecule has 0 bridgehead atoms. The molecule has 0 N–H and O–H groups in total. The van der Waals surface area contributed by atoms with Crippen LogP contribution in [0.2, 0.25) is 0 Å². The van der Waals surface area contributed by atoms with E-state index >= 15 is 0 Å². The van der Waals surface area contributed by atoms with Gasteiger partial charge in [-0.1, -0.05) is 194 Å². The van der Waals surface area contributed by atoms with Gasteiger partial charge in [0.15, 0.2) is 11.6 Å². The van der Waals surface area contributed by atoms with Crippen LogP contribution in [0.1, 0.15) is 0 Å². The lowest BCUT2D eigenvalue weighted by molar-refractivity contribution is 0.953. The largest absolute Gasteiger partial charge is 0.309 e. The molecule has 0 amide bonds. The molecule has 0 radical (unpaired) electrons. The van der Waals surface area contributed by atoms with Gasteiger partial charge in [-0.3, -0.25) is 4.57 Å². The summed E-state index contributed by atoms with van der Waals surface area (Å²) in [5.74, 6) is 1.74. The van der Waals surface area contributed by atoms with Crippen molar-refractivity contribution in [3.05, 3.63) is 224 Å². The Morgan fingerprint density at radius 1 is 0.274 bits per heavy atom. The summed E-state index contributed by atoms with van der Waals surface area (Å²) in [6.07, 6.45) is 0. The van der Waals surface area contributed by atoms with Crippen molar-refractivity contribution in [2.75, 3.05) is 0 Å². The molecule has 0 atom stereocenters. The van der Waals surface area contributed by atoms with Crippen LogP contribution in [0.5, 0.6) is 0 Å². The summed E-state index contributed by atoms with van der Waals surface area (Å²) in [5.41, 5.74) is 14.0. The Labute approximate surface area is 358 Å². The van der Waals surface area contributed by atoms with Crippen LogP contribution in [0.3, 0.4) is 0 Å². The Hall–Kier alpha value is -8.41. The van der Waals surface area contributed by atoms with E-state index in [0.717, 1.165) is 77.5 Å². The van der Waals surface area contributed by atoms with E-state index in [-0.39, 0.29) is 0 Å². The molecule has 3 heterocycles. The smallest absolute Gasteiger partial charge is 0.238 e. The van der Waals surface area contributed by atoms with E-state index in [9.17, 15) is 0 Å². The minimum Gasteiger partial charge on any atom is -0.309 e. The molecule has 12 rings (SSSR count). The Balaban J connectivity index is 1.13. The van der Waals surface area contributed by atoms with Gasteiger partial charge >= 0.3 is 0 Å². The van der Waals surface area contributed by atoms with Gasteiger partial charge in [-0.15, -0.1) is 0 Å². The predicted octanol–water partition coefficient (Wildman–Crippen LogP) is 14.4. The molecule has 62 heavy (non-hydrogen) atoms. The third-order valence-electron chi connectivity index (χ3n) is 12.0. The Morgan fingerprint density at radius 3 is 1.42 bits per heavy atom. The van der Waals surface area contributed by atoms with E-state index < -0.39 is 0 Å². The molecule has 0 aliphatic heterocycles. The van der Waals surface area contributed by atoms with Crippen molar-refractivity contribution >= 4 is 43.6 Å². The van der Waals surface area contributed by atoms with Crippen LogP contribution >= 0.6 is 0 Å². The maximum Gasteiger partial charge on any atom is 0.238 e. The van der Waals surface area contributed by atoms with Gasteiger partial charge in [-0.25, -0.2) is 4.98 Å². The van der Waals surface area contributed by atoms with Crippen molar-refractivity contribution in [1.29, 1.82) is 0 Å². The lowest BCUT2D eigenvalue weighted by atomic mass is 9.97. The number of aromatic nitrogens is 5. The summed E-state index contributed by atoms with van der Waals surface area (Å²) >= 11 is 0. The SMILES string of the molecule is c1ccc(-c2cccc(-c3cccc4c5ccccc5n(-c5nc(-c6ccccc6)nc(-c6ccc(-c7ccccc7)c(-n7c8ccccc8c8ccccc87)c6)n5)c34)c2)cc1. The molecule has 5 heteroatoms. The summed E-state index contributed by atoms with van der Waals surface area (Å²) in [4.78, 5) is 16.1. The Morgan fingerprint density at radius 2 is 0.758 bits per heavy atom. The van der Waals surface area contributed by atoms with Crippen molar-refractivity contribution in [3.63, 3.8) is 0 Å². The number of nitrogens with zero attached hydrogens (tertiary/aromatic N) is 5. The van der Waals surface area contributed by atoms with E-state index in [1.807, 2.05) is 18.2 Å². The number of rotatable bonds is 7. The van der Waals surface area contributed by atoms with Gasteiger partial charge < -0.3 is 4.57 Å². The molecule has 290 valence electrons. The Kier molecular flexibility index (Phi) is 8.42. The second kappa shape index (κ2) is 14.7. The van der Waals surface area contributed by atoms with E-state index in [1.54, 1.807) is 0 Å².